The monoisotopic (exact) mass is 478 g/mol. The Bertz CT molecular complexity index is 1470. The molecule has 2 aromatic heterocycles. The molecule has 1 N–H and O–H groups in total. The molecule has 8 nitrogen and oxygen atoms in total. The van der Waals surface area contributed by atoms with Crippen LogP contribution < -0.4 is 5.32 Å². The maximum absolute atomic E-state index is 12.8. The molecule has 0 saturated carbocycles. The molecule has 36 heavy (non-hydrogen) atoms. The third-order valence-electron chi connectivity index (χ3n) is 6.12. The molecule has 1 fully saturated rings. The Labute approximate surface area is 209 Å². The number of likely N-dealkylation sites (N-methyl/N-ethyl adjacent to an activating group) is 1. The topological polar surface area (TPSA) is 82.8 Å². The van der Waals surface area contributed by atoms with Crippen LogP contribution in [0.25, 0.3) is 16.9 Å². The van der Waals surface area contributed by atoms with Crippen molar-refractivity contribution in [3.63, 3.8) is 0 Å². The van der Waals surface area contributed by atoms with Crippen LogP contribution in [0.2, 0.25) is 0 Å². The zero-order chi connectivity index (χ0) is 25.1. The summed E-state index contributed by atoms with van der Waals surface area (Å²) in [6, 6.07) is 18.7. The molecular formula is C28H26N6O2. The fraction of sp³-hybridized carbons (Fsp3) is 0.214. The molecule has 1 aliphatic rings. The summed E-state index contributed by atoms with van der Waals surface area (Å²) < 4.78 is 1.72. The molecule has 1 saturated heterocycles. The van der Waals surface area contributed by atoms with Crippen molar-refractivity contribution in [3.05, 3.63) is 83.7 Å². The molecule has 4 aromatic rings. The minimum absolute atomic E-state index is 0.0651. The first-order chi connectivity index (χ1) is 17.5. The first kappa shape index (κ1) is 23.3. The fourth-order valence-electron chi connectivity index (χ4n) is 4.06. The fourth-order valence-corrected chi connectivity index (χ4v) is 4.06. The van der Waals surface area contributed by atoms with E-state index in [1.54, 1.807) is 10.7 Å². The number of hydrogen-bond acceptors (Lipinski definition) is 5. The van der Waals surface area contributed by atoms with Crippen molar-refractivity contribution in [1.82, 2.24) is 24.4 Å². The van der Waals surface area contributed by atoms with E-state index in [-0.39, 0.29) is 11.8 Å². The number of rotatable bonds is 3. The first-order valence-corrected chi connectivity index (χ1v) is 11.8. The molecule has 5 rings (SSSR count). The lowest BCUT2D eigenvalue weighted by molar-refractivity contribution is -0.114. The summed E-state index contributed by atoms with van der Waals surface area (Å²) in [6.45, 7) is 4.76. The molecule has 3 heterocycles. The number of anilines is 1. The Balaban J connectivity index is 1.35. The molecule has 0 atom stereocenters. The van der Waals surface area contributed by atoms with Gasteiger partial charge in [0.2, 0.25) is 5.91 Å². The lowest BCUT2D eigenvalue weighted by Crippen LogP contribution is -2.47. The van der Waals surface area contributed by atoms with Gasteiger partial charge >= 0.3 is 0 Å². The minimum Gasteiger partial charge on any atom is -0.336 e. The molecule has 0 radical (unpaired) electrons. The zero-order valence-electron chi connectivity index (χ0n) is 20.2. The van der Waals surface area contributed by atoms with E-state index in [1.165, 1.54) is 6.92 Å². The summed E-state index contributed by atoms with van der Waals surface area (Å²) >= 11 is 0. The van der Waals surface area contributed by atoms with Gasteiger partial charge in [0.1, 0.15) is 5.69 Å². The van der Waals surface area contributed by atoms with Crippen molar-refractivity contribution in [2.45, 2.75) is 6.92 Å². The van der Waals surface area contributed by atoms with Crippen molar-refractivity contribution in [3.8, 4) is 23.1 Å². The van der Waals surface area contributed by atoms with E-state index in [9.17, 15) is 9.59 Å². The Kier molecular flexibility index (Phi) is 6.48. The van der Waals surface area contributed by atoms with Gasteiger partial charge in [-0.15, -0.1) is 0 Å². The molecule has 8 heteroatoms. The number of carbonyl (C=O) groups excluding carboxylic acids is 2. The van der Waals surface area contributed by atoms with Gasteiger partial charge in [0.05, 0.1) is 11.9 Å². The second-order valence-electron chi connectivity index (χ2n) is 8.81. The van der Waals surface area contributed by atoms with Gasteiger partial charge in [0, 0.05) is 55.5 Å². The smallest absolute Gasteiger partial charge is 0.253 e. The number of fused-ring (bicyclic) bond motifs is 1. The number of hydrogen-bond donors (Lipinski definition) is 1. The van der Waals surface area contributed by atoms with Crippen LogP contribution in [-0.4, -0.2) is 69.4 Å². The molecule has 0 bridgehead atoms. The molecule has 1 aliphatic heterocycles. The van der Waals surface area contributed by atoms with Crippen LogP contribution in [0.15, 0.2) is 66.9 Å². The molecule has 0 spiro atoms. The highest BCUT2D eigenvalue weighted by atomic mass is 16.2. The van der Waals surface area contributed by atoms with Gasteiger partial charge in [-0.2, -0.15) is 5.10 Å². The molecule has 180 valence electrons. The van der Waals surface area contributed by atoms with E-state index in [2.05, 4.69) is 34.1 Å². The van der Waals surface area contributed by atoms with Crippen LogP contribution in [0.4, 0.5) is 5.69 Å². The quantitative estimate of drug-likeness (QED) is 0.458. The second-order valence-corrected chi connectivity index (χ2v) is 8.81. The summed E-state index contributed by atoms with van der Waals surface area (Å²) in [5.41, 5.74) is 5.27. The number of carbonyl (C=O) groups is 2. The lowest BCUT2D eigenvalue weighted by Gasteiger charge is -2.32. The third kappa shape index (κ3) is 5.11. The second kappa shape index (κ2) is 10.0. The Morgan fingerprint density at radius 3 is 2.31 bits per heavy atom. The van der Waals surface area contributed by atoms with Crippen molar-refractivity contribution in [1.29, 1.82) is 0 Å². The van der Waals surface area contributed by atoms with Crippen molar-refractivity contribution in [2.75, 3.05) is 38.5 Å². The van der Waals surface area contributed by atoms with E-state index in [1.807, 2.05) is 65.6 Å². The highest BCUT2D eigenvalue weighted by molar-refractivity contribution is 5.94. The van der Waals surface area contributed by atoms with E-state index in [4.69, 9.17) is 5.10 Å². The third-order valence-corrected chi connectivity index (χ3v) is 6.12. The number of aromatic nitrogens is 3. The van der Waals surface area contributed by atoms with Gasteiger partial charge in [-0.3, -0.25) is 9.59 Å². The van der Waals surface area contributed by atoms with E-state index in [0.29, 0.717) is 16.9 Å². The maximum Gasteiger partial charge on any atom is 0.253 e. The van der Waals surface area contributed by atoms with Gasteiger partial charge in [-0.05, 0) is 61.5 Å². The number of imidazole rings is 1. The molecule has 2 aromatic carbocycles. The molecular weight excluding hydrogens is 452 g/mol. The van der Waals surface area contributed by atoms with Gasteiger partial charge in [-0.25, -0.2) is 9.50 Å². The van der Waals surface area contributed by atoms with Crippen LogP contribution in [-0.2, 0) is 4.79 Å². The van der Waals surface area contributed by atoms with Gasteiger partial charge in [-0.1, -0.05) is 18.1 Å². The van der Waals surface area contributed by atoms with Gasteiger partial charge < -0.3 is 15.1 Å². The van der Waals surface area contributed by atoms with Crippen LogP contribution in [0.5, 0.6) is 0 Å². The van der Waals surface area contributed by atoms with Crippen LogP contribution in [0, 0.1) is 11.8 Å². The molecule has 2 amide bonds. The number of piperazine rings is 1. The summed E-state index contributed by atoms with van der Waals surface area (Å²) in [6.07, 6.45) is 1.70. The minimum atomic E-state index is -0.113. The van der Waals surface area contributed by atoms with Crippen LogP contribution >= 0.6 is 0 Å². The highest BCUT2D eigenvalue weighted by Crippen LogP contribution is 2.20. The summed E-state index contributed by atoms with van der Waals surface area (Å²) in [5, 5.41) is 7.48. The predicted molar refractivity (Wildman–Crippen MR) is 139 cm³/mol. The first-order valence-electron chi connectivity index (χ1n) is 11.8. The Morgan fingerprint density at radius 1 is 0.889 bits per heavy atom. The summed E-state index contributed by atoms with van der Waals surface area (Å²) in [4.78, 5) is 32.6. The number of amides is 2. The predicted octanol–water partition coefficient (Wildman–Crippen LogP) is 3.14. The summed E-state index contributed by atoms with van der Waals surface area (Å²) in [7, 11) is 2.07. The number of nitrogens with one attached hydrogen (secondary N) is 1. The molecule has 0 unspecified atom stereocenters. The van der Waals surface area contributed by atoms with Crippen LogP contribution in [0.3, 0.4) is 0 Å². The van der Waals surface area contributed by atoms with Crippen molar-refractivity contribution >= 4 is 23.1 Å². The maximum atomic E-state index is 12.8. The van der Waals surface area contributed by atoms with E-state index >= 15 is 0 Å². The van der Waals surface area contributed by atoms with Gasteiger partial charge in [0.15, 0.2) is 5.65 Å². The Morgan fingerprint density at radius 2 is 1.61 bits per heavy atom. The largest absolute Gasteiger partial charge is 0.336 e. The molecule has 0 aliphatic carbocycles. The SMILES string of the molecule is CC(=O)Nc1ccc(C#Cc2cnc3ccc(-c4ccc(C(=O)N5CCN(C)CC5)cc4)nn23)cc1. The van der Waals surface area contributed by atoms with E-state index < -0.39 is 0 Å². The zero-order valence-corrected chi connectivity index (χ0v) is 20.2. The highest BCUT2D eigenvalue weighted by Gasteiger charge is 2.20. The Hall–Kier alpha value is -4.48. The van der Waals surface area contributed by atoms with Gasteiger partial charge in [0.25, 0.3) is 5.91 Å². The number of nitrogens with zero attached hydrogens (tertiary/aromatic N) is 5. The van der Waals surface area contributed by atoms with Crippen molar-refractivity contribution in [2.24, 2.45) is 0 Å². The average molecular weight is 479 g/mol. The van der Waals surface area contributed by atoms with Crippen LogP contribution in [0.1, 0.15) is 28.5 Å². The van der Waals surface area contributed by atoms with E-state index in [0.717, 1.165) is 48.7 Å². The van der Waals surface area contributed by atoms with Crippen molar-refractivity contribution < 1.29 is 9.59 Å². The standard InChI is InChI=1S/C28H26N6O2/c1-20(35)30-24-10-3-21(4-11-24)5-12-25-19-29-27-14-13-26(31-34(25)27)22-6-8-23(9-7-22)28(36)33-17-15-32(2)16-18-33/h3-4,6-11,13-14,19H,15-18H2,1-2H3,(H,30,35). The summed E-state index contributed by atoms with van der Waals surface area (Å²) in [5.74, 6) is 6.21. The number of benzene rings is 2. The average Bonchev–Trinajstić information content (AvgIpc) is 3.30. The lowest BCUT2D eigenvalue weighted by atomic mass is 10.1. The normalized spacial score (nSPS) is 13.8.